The van der Waals surface area contributed by atoms with Gasteiger partial charge in [-0.15, -0.1) is 0 Å². The van der Waals surface area contributed by atoms with E-state index in [0.29, 0.717) is 6.61 Å². The third-order valence-electron chi connectivity index (χ3n) is 3.15. The number of imidazole rings is 1. The van der Waals surface area contributed by atoms with Gasteiger partial charge in [0.25, 0.3) is 0 Å². The van der Waals surface area contributed by atoms with Crippen molar-refractivity contribution in [3.8, 4) is 0 Å². The van der Waals surface area contributed by atoms with Gasteiger partial charge in [-0.3, -0.25) is 0 Å². The number of hydrogen-bond donors (Lipinski definition) is 1. The first-order valence-electron chi connectivity index (χ1n) is 6.03. The van der Waals surface area contributed by atoms with Crippen LogP contribution in [-0.2, 0) is 11.3 Å². The van der Waals surface area contributed by atoms with E-state index in [-0.39, 0.29) is 12.0 Å². The lowest BCUT2D eigenvalue weighted by molar-refractivity contribution is 0.0732. The van der Waals surface area contributed by atoms with Gasteiger partial charge >= 0.3 is 0 Å². The molecule has 2 heterocycles. The summed E-state index contributed by atoms with van der Waals surface area (Å²) in [5.41, 5.74) is 0. The van der Waals surface area contributed by atoms with Crippen LogP contribution in [0.1, 0.15) is 38.6 Å². The van der Waals surface area contributed by atoms with Crippen LogP contribution in [-0.4, -0.2) is 27.4 Å². The van der Waals surface area contributed by atoms with Crippen molar-refractivity contribution in [2.75, 3.05) is 6.61 Å². The quantitative estimate of drug-likeness (QED) is 0.847. The molecule has 0 spiro atoms. The topological polar surface area (TPSA) is 47.3 Å². The molecular formula is C12H20N2O2. The second kappa shape index (κ2) is 4.97. The van der Waals surface area contributed by atoms with Crippen LogP contribution in [0.5, 0.6) is 0 Å². The van der Waals surface area contributed by atoms with Crippen LogP contribution in [0.15, 0.2) is 12.4 Å². The van der Waals surface area contributed by atoms with Crippen LogP contribution in [0.4, 0.5) is 0 Å². The van der Waals surface area contributed by atoms with Gasteiger partial charge in [0, 0.05) is 24.9 Å². The minimum Gasteiger partial charge on any atom is -0.385 e. The standard InChI is InChI=1S/C12H20N2O2/c1-3-5-14-6-4-13-12(14)11(15)10-7-9(2)16-8-10/h4,6,9-11,15H,3,5,7-8H2,1-2H3. The Kier molecular flexibility index (Phi) is 3.61. The summed E-state index contributed by atoms with van der Waals surface area (Å²) < 4.78 is 7.52. The molecule has 1 saturated heterocycles. The highest BCUT2D eigenvalue weighted by Crippen LogP contribution is 2.30. The van der Waals surface area contributed by atoms with E-state index in [2.05, 4.69) is 11.9 Å². The number of hydrogen-bond acceptors (Lipinski definition) is 3. The van der Waals surface area contributed by atoms with Crippen molar-refractivity contribution in [1.82, 2.24) is 9.55 Å². The van der Waals surface area contributed by atoms with Crippen LogP contribution in [0, 0.1) is 5.92 Å². The molecule has 0 aliphatic carbocycles. The third-order valence-corrected chi connectivity index (χ3v) is 3.15. The first-order valence-corrected chi connectivity index (χ1v) is 6.03. The summed E-state index contributed by atoms with van der Waals surface area (Å²) >= 11 is 0. The fourth-order valence-corrected chi connectivity index (χ4v) is 2.30. The molecule has 4 nitrogen and oxygen atoms in total. The lowest BCUT2D eigenvalue weighted by atomic mass is 9.99. The van der Waals surface area contributed by atoms with Crippen LogP contribution in [0.3, 0.4) is 0 Å². The molecular weight excluding hydrogens is 204 g/mol. The van der Waals surface area contributed by atoms with Crippen LogP contribution in [0.2, 0.25) is 0 Å². The molecule has 0 saturated carbocycles. The van der Waals surface area contributed by atoms with Gasteiger partial charge in [0.05, 0.1) is 12.7 Å². The SMILES string of the molecule is CCCn1ccnc1C(O)C1COC(C)C1. The normalized spacial score (nSPS) is 27.2. The summed E-state index contributed by atoms with van der Waals surface area (Å²) in [5.74, 6) is 0.970. The van der Waals surface area contributed by atoms with Gasteiger partial charge in [-0.2, -0.15) is 0 Å². The molecule has 1 N–H and O–H groups in total. The fourth-order valence-electron chi connectivity index (χ4n) is 2.30. The zero-order chi connectivity index (χ0) is 11.5. The van der Waals surface area contributed by atoms with Gasteiger partial charge in [-0.05, 0) is 19.8 Å². The zero-order valence-electron chi connectivity index (χ0n) is 9.97. The molecule has 2 rings (SSSR count). The monoisotopic (exact) mass is 224 g/mol. The Bertz CT molecular complexity index is 338. The van der Waals surface area contributed by atoms with E-state index in [1.54, 1.807) is 6.20 Å². The summed E-state index contributed by atoms with van der Waals surface area (Å²) in [7, 11) is 0. The van der Waals surface area contributed by atoms with Crippen molar-refractivity contribution < 1.29 is 9.84 Å². The number of aromatic nitrogens is 2. The molecule has 0 radical (unpaired) electrons. The van der Waals surface area contributed by atoms with Crippen molar-refractivity contribution in [1.29, 1.82) is 0 Å². The smallest absolute Gasteiger partial charge is 0.137 e. The summed E-state index contributed by atoms with van der Waals surface area (Å²) in [6, 6.07) is 0. The van der Waals surface area contributed by atoms with Gasteiger partial charge in [0.15, 0.2) is 0 Å². The minimum absolute atomic E-state index is 0.188. The van der Waals surface area contributed by atoms with E-state index in [1.807, 2.05) is 17.7 Å². The summed E-state index contributed by atoms with van der Waals surface area (Å²) in [6.45, 7) is 5.72. The molecule has 1 aliphatic rings. The van der Waals surface area contributed by atoms with E-state index in [9.17, 15) is 5.11 Å². The molecule has 0 aromatic carbocycles. The average Bonchev–Trinajstić information content (AvgIpc) is 2.87. The zero-order valence-corrected chi connectivity index (χ0v) is 9.97. The molecule has 1 aromatic heterocycles. The van der Waals surface area contributed by atoms with E-state index in [1.165, 1.54) is 0 Å². The average molecular weight is 224 g/mol. The molecule has 3 unspecified atom stereocenters. The van der Waals surface area contributed by atoms with Crippen molar-refractivity contribution in [3.05, 3.63) is 18.2 Å². The second-order valence-corrected chi connectivity index (χ2v) is 4.56. The van der Waals surface area contributed by atoms with Crippen LogP contribution >= 0.6 is 0 Å². The number of aliphatic hydroxyl groups is 1. The molecule has 3 atom stereocenters. The summed E-state index contributed by atoms with van der Waals surface area (Å²) in [4.78, 5) is 4.26. The Morgan fingerprint density at radius 3 is 3.12 bits per heavy atom. The largest absolute Gasteiger partial charge is 0.385 e. The van der Waals surface area contributed by atoms with Gasteiger partial charge in [0.1, 0.15) is 11.9 Å². The van der Waals surface area contributed by atoms with Gasteiger partial charge in [0.2, 0.25) is 0 Å². The summed E-state index contributed by atoms with van der Waals surface area (Å²) in [5, 5.41) is 10.3. The Labute approximate surface area is 96.3 Å². The lowest BCUT2D eigenvalue weighted by Crippen LogP contribution is -2.17. The lowest BCUT2D eigenvalue weighted by Gasteiger charge is -2.17. The Hall–Kier alpha value is -0.870. The molecule has 90 valence electrons. The third kappa shape index (κ3) is 2.28. The van der Waals surface area contributed by atoms with E-state index in [0.717, 1.165) is 25.2 Å². The molecule has 1 aliphatic heterocycles. The van der Waals surface area contributed by atoms with Crippen LogP contribution in [0.25, 0.3) is 0 Å². The Morgan fingerprint density at radius 2 is 2.50 bits per heavy atom. The van der Waals surface area contributed by atoms with Gasteiger partial charge in [-0.1, -0.05) is 6.92 Å². The van der Waals surface area contributed by atoms with E-state index in [4.69, 9.17) is 4.74 Å². The number of aliphatic hydroxyl groups excluding tert-OH is 1. The fraction of sp³-hybridized carbons (Fsp3) is 0.750. The Morgan fingerprint density at radius 1 is 1.69 bits per heavy atom. The predicted molar refractivity (Wildman–Crippen MR) is 61.0 cm³/mol. The molecule has 0 amide bonds. The van der Waals surface area contributed by atoms with Crippen molar-refractivity contribution in [2.24, 2.45) is 5.92 Å². The first-order chi connectivity index (χ1) is 7.72. The van der Waals surface area contributed by atoms with Crippen molar-refractivity contribution in [3.63, 3.8) is 0 Å². The highest BCUT2D eigenvalue weighted by molar-refractivity contribution is 4.99. The molecule has 4 heteroatoms. The molecule has 16 heavy (non-hydrogen) atoms. The van der Waals surface area contributed by atoms with E-state index < -0.39 is 6.10 Å². The predicted octanol–water partition coefficient (Wildman–Crippen LogP) is 1.75. The highest BCUT2D eigenvalue weighted by atomic mass is 16.5. The molecule has 0 bridgehead atoms. The number of rotatable bonds is 4. The van der Waals surface area contributed by atoms with Gasteiger partial charge < -0.3 is 14.4 Å². The number of aryl methyl sites for hydroxylation is 1. The maximum Gasteiger partial charge on any atom is 0.137 e. The number of ether oxygens (including phenoxy) is 1. The maximum absolute atomic E-state index is 10.3. The minimum atomic E-state index is -0.494. The maximum atomic E-state index is 10.3. The van der Waals surface area contributed by atoms with E-state index >= 15 is 0 Å². The van der Waals surface area contributed by atoms with Crippen molar-refractivity contribution >= 4 is 0 Å². The highest BCUT2D eigenvalue weighted by Gasteiger charge is 2.31. The number of nitrogens with zero attached hydrogens (tertiary/aromatic N) is 2. The second-order valence-electron chi connectivity index (χ2n) is 4.56. The van der Waals surface area contributed by atoms with Crippen molar-refractivity contribution in [2.45, 2.75) is 45.4 Å². The first kappa shape index (κ1) is 11.6. The Balaban J connectivity index is 2.07. The molecule has 1 fully saturated rings. The van der Waals surface area contributed by atoms with Crippen LogP contribution < -0.4 is 0 Å². The molecule has 1 aromatic rings. The summed E-state index contributed by atoms with van der Waals surface area (Å²) in [6.07, 6.45) is 5.42. The van der Waals surface area contributed by atoms with Gasteiger partial charge in [-0.25, -0.2) is 4.98 Å².